The van der Waals surface area contributed by atoms with Crippen molar-refractivity contribution in [1.82, 2.24) is 15.0 Å². The minimum absolute atomic E-state index is 0.173. The van der Waals surface area contributed by atoms with Gasteiger partial charge in [0.05, 0.1) is 0 Å². The Kier molecular flexibility index (Phi) is 5.48. The van der Waals surface area contributed by atoms with E-state index < -0.39 is 0 Å². The lowest BCUT2D eigenvalue weighted by Crippen LogP contribution is -2.16. The van der Waals surface area contributed by atoms with Crippen LogP contribution in [-0.2, 0) is 13.2 Å². The number of nitrogens with two attached hydrogens (primary N) is 1. The molecule has 7 heteroatoms. The predicted octanol–water partition coefficient (Wildman–Crippen LogP) is 2.68. The van der Waals surface area contributed by atoms with Crippen molar-refractivity contribution in [1.29, 1.82) is 0 Å². The number of nitrogens with zero attached hydrogens (tertiary/aromatic N) is 4. The topological polar surface area (TPSA) is 86.4 Å². The van der Waals surface area contributed by atoms with Gasteiger partial charge in [0.1, 0.15) is 24.7 Å². The van der Waals surface area contributed by atoms with Crippen LogP contribution >= 0.6 is 0 Å². The summed E-state index contributed by atoms with van der Waals surface area (Å²) < 4.78 is 11.5. The first kappa shape index (κ1) is 17.5. The third-order valence-corrected chi connectivity index (χ3v) is 3.53. The number of ether oxygens (including phenoxy) is 2. The predicted molar refractivity (Wildman–Crippen MR) is 100 cm³/mol. The van der Waals surface area contributed by atoms with Gasteiger partial charge < -0.3 is 20.1 Å². The molecule has 0 aliphatic rings. The number of hydrogen-bond donors (Lipinski definition) is 1. The highest BCUT2D eigenvalue weighted by Crippen LogP contribution is 2.19. The van der Waals surface area contributed by atoms with Crippen LogP contribution in [0.25, 0.3) is 0 Å². The molecule has 3 aromatic rings. The molecule has 0 amide bonds. The van der Waals surface area contributed by atoms with Crippen molar-refractivity contribution in [3.8, 4) is 11.5 Å². The van der Waals surface area contributed by atoms with Crippen molar-refractivity contribution in [2.75, 3.05) is 24.7 Å². The van der Waals surface area contributed by atoms with Crippen LogP contribution in [0.4, 0.5) is 11.9 Å². The van der Waals surface area contributed by atoms with Gasteiger partial charge in [0.2, 0.25) is 11.9 Å². The summed E-state index contributed by atoms with van der Waals surface area (Å²) in [6, 6.07) is 17.4. The Hall–Kier alpha value is -3.35. The molecule has 0 unspecified atom stereocenters. The van der Waals surface area contributed by atoms with E-state index in [2.05, 4.69) is 15.0 Å². The Morgan fingerprint density at radius 1 is 0.808 bits per heavy atom. The third-order valence-electron chi connectivity index (χ3n) is 3.53. The van der Waals surface area contributed by atoms with Crippen molar-refractivity contribution in [2.24, 2.45) is 0 Å². The fourth-order valence-electron chi connectivity index (χ4n) is 2.21. The molecule has 0 fully saturated rings. The maximum absolute atomic E-state index is 5.76. The maximum atomic E-state index is 5.76. The highest BCUT2D eigenvalue weighted by atomic mass is 16.5. The first-order chi connectivity index (χ1) is 12.6. The lowest BCUT2D eigenvalue weighted by Gasteiger charge is -2.12. The Morgan fingerprint density at radius 3 is 2.04 bits per heavy atom. The summed E-state index contributed by atoms with van der Waals surface area (Å²) in [7, 11) is 3.68. The number of nitrogen functional groups attached to an aromatic ring is 1. The van der Waals surface area contributed by atoms with E-state index in [9.17, 15) is 0 Å². The van der Waals surface area contributed by atoms with Gasteiger partial charge >= 0.3 is 0 Å². The zero-order chi connectivity index (χ0) is 18.4. The quantitative estimate of drug-likeness (QED) is 0.700. The van der Waals surface area contributed by atoms with Gasteiger partial charge in [-0.25, -0.2) is 0 Å². The highest BCUT2D eigenvalue weighted by Gasteiger charge is 2.07. The molecule has 0 saturated heterocycles. The van der Waals surface area contributed by atoms with Crippen molar-refractivity contribution >= 4 is 11.9 Å². The van der Waals surface area contributed by atoms with Gasteiger partial charge in [-0.3, -0.25) is 0 Å². The summed E-state index contributed by atoms with van der Waals surface area (Å²) in [5, 5.41) is 0. The Balaban J connectivity index is 1.56. The van der Waals surface area contributed by atoms with Crippen LogP contribution < -0.4 is 20.1 Å². The zero-order valence-electron chi connectivity index (χ0n) is 14.8. The Morgan fingerprint density at radius 2 is 1.42 bits per heavy atom. The molecule has 0 radical (unpaired) electrons. The highest BCUT2D eigenvalue weighted by molar-refractivity contribution is 5.33. The first-order valence-electron chi connectivity index (χ1n) is 8.17. The van der Waals surface area contributed by atoms with E-state index in [0.29, 0.717) is 24.1 Å². The minimum atomic E-state index is 0.173. The molecule has 1 heterocycles. The SMILES string of the molecule is CN(C)c1nc(N)nc(COc2ccc(OCc3ccccc3)cc2)n1. The number of rotatable bonds is 7. The molecule has 1 aromatic heterocycles. The van der Waals surface area contributed by atoms with E-state index in [0.717, 1.165) is 11.3 Å². The summed E-state index contributed by atoms with van der Waals surface area (Å²) in [4.78, 5) is 14.2. The zero-order valence-corrected chi connectivity index (χ0v) is 14.8. The molecule has 0 spiro atoms. The van der Waals surface area contributed by atoms with Crippen molar-refractivity contribution in [3.63, 3.8) is 0 Å². The molecular formula is C19H21N5O2. The lowest BCUT2D eigenvalue weighted by molar-refractivity contribution is 0.291. The van der Waals surface area contributed by atoms with Crippen LogP contribution in [0.5, 0.6) is 11.5 Å². The number of aromatic nitrogens is 3. The summed E-state index contributed by atoms with van der Waals surface area (Å²) in [5.41, 5.74) is 6.83. The number of hydrogen-bond acceptors (Lipinski definition) is 7. The number of benzene rings is 2. The Bertz CT molecular complexity index is 838. The van der Waals surface area contributed by atoms with Gasteiger partial charge in [0.15, 0.2) is 5.82 Å². The van der Waals surface area contributed by atoms with E-state index in [1.54, 1.807) is 4.90 Å². The molecule has 3 rings (SSSR count). The van der Waals surface area contributed by atoms with E-state index in [-0.39, 0.29) is 12.6 Å². The molecular weight excluding hydrogens is 330 g/mol. The average molecular weight is 351 g/mol. The second-order valence-corrected chi connectivity index (χ2v) is 5.84. The lowest BCUT2D eigenvalue weighted by atomic mass is 10.2. The number of anilines is 2. The molecule has 0 aliphatic carbocycles. The molecule has 2 N–H and O–H groups in total. The second-order valence-electron chi connectivity index (χ2n) is 5.84. The van der Waals surface area contributed by atoms with Crippen LogP contribution in [0.1, 0.15) is 11.4 Å². The molecule has 134 valence electrons. The van der Waals surface area contributed by atoms with Crippen LogP contribution in [-0.4, -0.2) is 29.0 Å². The monoisotopic (exact) mass is 351 g/mol. The van der Waals surface area contributed by atoms with E-state index >= 15 is 0 Å². The fourth-order valence-corrected chi connectivity index (χ4v) is 2.21. The standard InChI is InChI=1S/C19H21N5O2/c1-24(2)19-22-17(21-18(20)23-19)13-26-16-10-8-15(9-11-16)25-12-14-6-4-3-5-7-14/h3-11H,12-13H2,1-2H3,(H2,20,21,22,23). The van der Waals surface area contributed by atoms with E-state index in [1.165, 1.54) is 0 Å². The maximum Gasteiger partial charge on any atom is 0.230 e. The molecule has 0 aliphatic heterocycles. The van der Waals surface area contributed by atoms with Gasteiger partial charge in [-0.2, -0.15) is 15.0 Å². The van der Waals surface area contributed by atoms with Crippen molar-refractivity contribution in [2.45, 2.75) is 13.2 Å². The van der Waals surface area contributed by atoms with Crippen LogP contribution in [0, 0.1) is 0 Å². The van der Waals surface area contributed by atoms with Gasteiger partial charge in [-0.1, -0.05) is 30.3 Å². The van der Waals surface area contributed by atoms with E-state index in [4.69, 9.17) is 15.2 Å². The minimum Gasteiger partial charge on any atom is -0.489 e. The normalized spacial score (nSPS) is 10.4. The smallest absolute Gasteiger partial charge is 0.230 e. The molecule has 0 saturated carbocycles. The van der Waals surface area contributed by atoms with Gasteiger partial charge in [-0.15, -0.1) is 0 Å². The summed E-state index contributed by atoms with van der Waals surface area (Å²) >= 11 is 0. The third kappa shape index (κ3) is 4.83. The van der Waals surface area contributed by atoms with Gasteiger partial charge in [0, 0.05) is 14.1 Å². The Labute approximate surface area is 152 Å². The summed E-state index contributed by atoms with van der Waals surface area (Å²) in [6.45, 7) is 0.732. The molecule has 0 bridgehead atoms. The van der Waals surface area contributed by atoms with Gasteiger partial charge in [0.25, 0.3) is 0 Å². The largest absolute Gasteiger partial charge is 0.489 e. The van der Waals surface area contributed by atoms with Crippen LogP contribution in [0.15, 0.2) is 54.6 Å². The van der Waals surface area contributed by atoms with Crippen molar-refractivity contribution in [3.05, 3.63) is 66.0 Å². The van der Waals surface area contributed by atoms with Crippen LogP contribution in [0.2, 0.25) is 0 Å². The van der Waals surface area contributed by atoms with E-state index in [1.807, 2.05) is 68.7 Å². The molecule has 7 nitrogen and oxygen atoms in total. The van der Waals surface area contributed by atoms with Gasteiger partial charge in [-0.05, 0) is 29.8 Å². The molecule has 26 heavy (non-hydrogen) atoms. The first-order valence-corrected chi connectivity index (χ1v) is 8.17. The summed E-state index contributed by atoms with van der Waals surface area (Å²) in [6.07, 6.45) is 0. The summed E-state index contributed by atoms with van der Waals surface area (Å²) in [5.74, 6) is 2.63. The fraction of sp³-hybridized carbons (Fsp3) is 0.211. The average Bonchev–Trinajstić information content (AvgIpc) is 2.66. The second kappa shape index (κ2) is 8.15. The molecule has 0 atom stereocenters. The molecule has 2 aromatic carbocycles. The van der Waals surface area contributed by atoms with Crippen molar-refractivity contribution < 1.29 is 9.47 Å². The van der Waals surface area contributed by atoms with Crippen LogP contribution in [0.3, 0.4) is 0 Å².